The summed E-state index contributed by atoms with van der Waals surface area (Å²) in [4.78, 5) is 12.0. The molecule has 0 aliphatic carbocycles. The smallest absolute Gasteiger partial charge is 0.315 e. The van der Waals surface area contributed by atoms with Crippen molar-refractivity contribution in [3.8, 4) is 0 Å². The predicted molar refractivity (Wildman–Crippen MR) is 94.3 cm³/mol. The van der Waals surface area contributed by atoms with Crippen LogP contribution in [-0.4, -0.2) is 31.8 Å². The fourth-order valence-electron chi connectivity index (χ4n) is 2.32. The molecule has 1 heterocycles. The summed E-state index contributed by atoms with van der Waals surface area (Å²) in [6.45, 7) is 5.08. The summed E-state index contributed by atoms with van der Waals surface area (Å²) in [5, 5.41) is 5.39. The van der Waals surface area contributed by atoms with Gasteiger partial charge in [0.1, 0.15) is 5.76 Å². The topological polar surface area (TPSA) is 91.7 Å². The molecule has 136 valence electrons. The van der Waals surface area contributed by atoms with E-state index in [9.17, 15) is 13.2 Å². The predicted octanol–water partition coefficient (Wildman–Crippen LogP) is 2.31. The zero-order valence-corrected chi connectivity index (χ0v) is 15.2. The summed E-state index contributed by atoms with van der Waals surface area (Å²) in [6.07, 6.45) is 1.54. The minimum absolute atomic E-state index is 0.252. The van der Waals surface area contributed by atoms with Crippen molar-refractivity contribution in [3.63, 3.8) is 0 Å². The van der Waals surface area contributed by atoms with Crippen LogP contribution in [0.5, 0.6) is 0 Å². The van der Waals surface area contributed by atoms with E-state index in [4.69, 9.17) is 4.42 Å². The van der Waals surface area contributed by atoms with Gasteiger partial charge in [0.2, 0.25) is 10.0 Å². The summed E-state index contributed by atoms with van der Waals surface area (Å²) in [5.74, 6) is 0.668. The monoisotopic (exact) mass is 365 g/mol. The number of nitrogens with one attached hydrogen (secondary N) is 2. The van der Waals surface area contributed by atoms with E-state index >= 15 is 0 Å². The lowest BCUT2D eigenvalue weighted by atomic mass is 10.2. The van der Waals surface area contributed by atoms with Crippen molar-refractivity contribution in [2.45, 2.75) is 31.8 Å². The maximum atomic E-state index is 12.4. The minimum atomic E-state index is -3.46. The summed E-state index contributed by atoms with van der Waals surface area (Å²) in [5.41, 5.74) is 0.812. The van der Waals surface area contributed by atoms with Gasteiger partial charge in [-0.25, -0.2) is 13.2 Å². The fraction of sp³-hybridized carbons (Fsp3) is 0.353. The zero-order chi connectivity index (χ0) is 18.3. The number of benzene rings is 1. The lowest BCUT2D eigenvalue weighted by molar-refractivity contribution is 0.239. The second-order valence-corrected chi connectivity index (χ2v) is 7.29. The normalized spacial score (nSPS) is 11.5. The highest BCUT2D eigenvalue weighted by Crippen LogP contribution is 2.16. The summed E-state index contributed by atoms with van der Waals surface area (Å²) in [7, 11) is -3.46. The van der Waals surface area contributed by atoms with Gasteiger partial charge >= 0.3 is 6.03 Å². The average molecular weight is 365 g/mol. The van der Waals surface area contributed by atoms with Crippen LogP contribution in [-0.2, 0) is 23.1 Å². The molecule has 2 N–H and O–H groups in total. The first-order valence-corrected chi connectivity index (χ1v) is 9.54. The van der Waals surface area contributed by atoms with Gasteiger partial charge in [-0.2, -0.15) is 4.31 Å². The molecular formula is C17H23N3O4S. The maximum Gasteiger partial charge on any atom is 0.315 e. The molecule has 25 heavy (non-hydrogen) atoms. The molecule has 8 heteroatoms. The second kappa shape index (κ2) is 8.68. The molecule has 0 unspecified atom stereocenters. The zero-order valence-electron chi connectivity index (χ0n) is 14.4. The number of sulfonamides is 1. The third-order valence-corrected chi connectivity index (χ3v) is 5.79. The number of carbonyl (C=O) groups excluding carboxylic acids is 1. The van der Waals surface area contributed by atoms with Crippen LogP contribution in [0.4, 0.5) is 4.79 Å². The Hall–Kier alpha value is -2.32. The minimum Gasteiger partial charge on any atom is -0.467 e. The Balaban J connectivity index is 1.88. The van der Waals surface area contributed by atoms with Gasteiger partial charge < -0.3 is 15.1 Å². The van der Waals surface area contributed by atoms with E-state index in [1.807, 2.05) is 0 Å². The second-order valence-electron chi connectivity index (χ2n) is 5.35. The molecule has 0 spiro atoms. The van der Waals surface area contributed by atoms with E-state index in [2.05, 4.69) is 10.6 Å². The average Bonchev–Trinajstić information content (AvgIpc) is 3.13. The van der Waals surface area contributed by atoms with E-state index in [0.29, 0.717) is 31.9 Å². The van der Waals surface area contributed by atoms with Gasteiger partial charge in [0.25, 0.3) is 0 Å². The molecule has 1 aromatic carbocycles. The Bertz CT molecular complexity index is 767. The Morgan fingerprint density at radius 1 is 1.04 bits per heavy atom. The fourth-order valence-corrected chi connectivity index (χ4v) is 3.78. The summed E-state index contributed by atoms with van der Waals surface area (Å²) < 4.78 is 31.3. The number of hydrogen-bond donors (Lipinski definition) is 2. The summed E-state index contributed by atoms with van der Waals surface area (Å²) in [6, 6.07) is 9.72. The van der Waals surface area contributed by atoms with E-state index in [0.717, 1.165) is 5.56 Å². The van der Waals surface area contributed by atoms with Crippen LogP contribution in [0, 0.1) is 0 Å². The third-order valence-electron chi connectivity index (χ3n) is 3.72. The molecule has 0 saturated heterocycles. The highest BCUT2D eigenvalue weighted by atomic mass is 32.2. The number of nitrogens with zero attached hydrogens (tertiary/aromatic N) is 1. The van der Waals surface area contributed by atoms with Gasteiger partial charge in [-0.15, -0.1) is 0 Å². The third kappa shape index (κ3) is 5.07. The van der Waals surface area contributed by atoms with E-state index in [-0.39, 0.29) is 10.9 Å². The van der Waals surface area contributed by atoms with Crippen molar-refractivity contribution >= 4 is 16.1 Å². The number of amides is 2. The van der Waals surface area contributed by atoms with Crippen LogP contribution in [0.3, 0.4) is 0 Å². The first kappa shape index (κ1) is 19.0. The van der Waals surface area contributed by atoms with Crippen molar-refractivity contribution in [2.75, 3.05) is 13.1 Å². The van der Waals surface area contributed by atoms with Gasteiger partial charge in [-0.05, 0) is 29.8 Å². The highest BCUT2D eigenvalue weighted by Gasteiger charge is 2.21. The molecule has 1 aromatic heterocycles. The highest BCUT2D eigenvalue weighted by molar-refractivity contribution is 7.89. The van der Waals surface area contributed by atoms with Gasteiger partial charge in [-0.1, -0.05) is 26.0 Å². The summed E-state index contributed by atoms with van der Waals surface area (Å²) >= 11 is 0. The number of hydrogen-bond acceptors (Lipinski definition) is 4. The van der Waals surface area contributed by atoms with E-state index in [1.54, 1.807) is 56.5 Å². The van der Waals surface area contributed by atoms with Gasteiger partial charge in [-0.3, -0.25) is 0 Å². The van der Waals surface area contributed by atoms with Crippen LogP contribution in [0.15, 0.2) is 52.0 Å². The van der Waals surface area contributed by atoms with Crippen molar-refractivity contribution in [1.82, 2.24) is 14.9 Å². The first-order chi connectivity index (χ1) is 12.0. The van der Waals surface area contributed by atoms with Crippen LogP contribution in [0.25, 0.3) is 0 Å². The van der Waals surface area contributed by atoms with Crippen LogP contribution < -0.4 is 10.6 Å². The molecule has 2 amide bonds. The van der Waals surface area contributed by atoms with Gasteiger partial charge in [0.15, 0.2) is 0 Å². The molecule has 0 bridgehead atoms. The molecule has 0 saturated carbocycles. The lowest BCUT2D eigenvalue weighted by Gasteiger charge is -2.18. The Morgan fingerprint density at radius 2 is 1.68 bits per heavy atom. The van der Waals surface area contributed by atoms with Crippen molar-refractivity contribution in [2.24, 2.45) is 0 Å². The molecule has 2 aromatic rings. The van der Waals surface area contributed by atoms with E-state index < -0.39 is 10.0 Å². The van der Waals surface area contributed by atoms with Crippen molar-refractivity contribution in [3.05, 3.63) is 54.0 Å². The molecule has 0 aliphatic rings. The van der Waals surface area contributed by atoms with Crippen molar-refractivity contribution in [1.29, 1.82) is 0 Å². The molecule has 0 radical (unpaired) electrons. The van der Waals surface area contributed by atoms with Gasteiger partial charge in [0, 0.05) is 19.6 Å². The molecule has 2 rings (SSSR count). The molecule has 0 fully saturated rings. The SMILES string of the molecule is CCN(CC)S(=O)(=O)c1ccc(CNC(=O)NCc2ccco2)cc1. The number of rotatable bonds is 8. The van der Waals surface area contributed by atoms with Crippen LogP contribution in [0.1, 0.15) is 25.2 Å². The standard InChI is InChI=1S/C17H23N3O4S/c1-3-20(4-2)25(22,23)16-9-7-14(8-10-16)12-18-17(21)19-13-15-6-5-11-24-15/h5-11H,3-4,12-13H2,1-2H3,(H2,18,19,21). The number of furan rings is 1. The Kier molecular flexibility index (Phi) is 6.60. The van der Waals surface area contributed by atoms with Crippen LogP contribution in [0.2, 0.25) is 0 Å². The lowest BCUT2D eigenvalue weighted by Crippen LogP contribution is -2.34. The van der Waals surface area contributed by atoms with Crippen LogP contribution >= 0.6 is 0 Å². The molecule has 0 atom stereocenters. The Morgan fingerprint density at radius 3 is 2.24 bits per heavy atom. The van der Waals surface area contributed by atoms with Crippen molar-refractivity contribution < 1.29 is 17.6 Å². The number of carbonyl (C=O) groups is 1. The Labute approximate surface area is 148 Å². The first-order valence-electron chi connectivity index (χ1n) is 8.10. The molecular weight excluding hydrogens is 342 g/mol. The largest absolute Gasteiger partial charge is 0.467 e. The van der Waals surface area contributed by atoms with E-state index in [1.165, 1.54) is 4.31 Å². The quantitative estimate of drug-likeness (QED) is 0.751. The van der Waals surface area contributed by atoms with Gasteiger partial charge in [0.05, 0.1) is 17.7 Å². The number of urea groups is 1. The molecule has 0 aliphatic heterocycles. The molecule has 7 nitrogen and oxygen atoms in total. The maximum absolute atomic E-state index is 12.4.